The third kappa shape index (κ3) is 2.79. The van der Waals surface area contributed by atoms with Gasteiger partial charge in [0.15, 0.2) is 5.56 Å². The molecule has 0 saturated carbocycles. The molecule has 1 fully saturated rings. The number of rotatable bonds is 3. The summed E-state index contributed by atoms with van der Waals surface area (Å²) in [5.74, 6) is 0.460. The van der Waals surface area contributed by atoms with Crippen molar-refractivity contribution in [3.8, 4) is 6.07 Å². The zero-order valence-electron chi connectivity index (χ0n) is 13.7. The molecule has 7 nitrogen and oxygen atoms in total. The first-order valence-electron chi connectivity index (χ1n) is 7.50. The molecule has 1 aliphatic rings. The van der Waals surface area contributed by atoms with E-state index in [0.717, 1.165) is 36.9 Å². The number of nitriles is 1. The minimum Gasteiger partial charge on any atom is -0.352 e. The second kappa shape index (κ2) is 6.36. The van der Waals surface area contributed by atoms with Crippen LogP contribution in [0.2, 0.25) is 0 Å². The van der Waals surface area contributed by atoms with Gasteiger partial charge in [-0.25, -0.2) is 4.79 Å². The zero-order chi connectivity index (χ0) is 16.4. The van der Waals surface area contributed by atoms with Gasteiger partial charge in [-0.05, 0) is 33.4 Å². The zero-order valence-corrected chi connectivity index (χ0v) is 13.7. The maximum absolute atomic E-state index is 12.3. The van der Waals surface area contributed by atoms with Gasteiger partial charge in [-0.2, -0.15) is 5.26 Å². The van der Waals surface area contributed by atoms with Crippen molar-refractivity contribution in [1.82, 2.24) is 14.0 Å². The number of hydrogen-bond donors (Lipinski definition) is 0. The molecule has 7 heteroatoms. The maximum atomic E-state index is 12.3. The van der Waals surface area contributed by atoms with Crippen LogP contribution < -0.4 is 16.1 Å². The second-order valence-electron chi connectivity index (χ2n) is 6.12. The maximum Gasteiger partial charge on any atom is 0.332 e. The molecule has 0 aliphatic carbocycles. The molecule has 1 aromatic heterocycles. The Kier molecular flexibility index (Phi) is 4.71. The first-order chi connectivity index (χ1) is 10.4. The van der Waals surface area contributed by atoms with Crippen LogP contribution in [0.4, 0.5) is 5.82 Å². The fourth-order valence-corrected chi connectivity index (χ4v) is 3.16. The molecular weight excluding hydrogens is 282 g/mol. The number of nitrogens with zero attached hydrogens (tertiary/aromatic N) is 5. The van der Waals surface area contributed by atoms with Gasteiger partial charge in [-0.15, -0.1) is 0 Å². The average molecular weight is 305 g/mol. The largest absolute Gasteiger partial charge is 0.352 e. The van der Waals surface area contributed by atoms with Crippen molar-refractivity contribution >= 4 is 5.82 Å². The molecule has 120 valence electrons. The highest BCUT2D eigenvalue weighted by Gasteiger charge is 2.29. The van der Waals surface area contributed by atoms with E-state index < -0.39 is 11.2 Å². The lowest BCUT2D eigenvalue weighted by Gasteiger charge is -2.39. The summed E-state index contributed by atoms with van der Waals surface area (Å²) in [6.07, 6.45) is 3.11. The van der Waals surface area contributed by atoms with Crippen molar-refractivity contribution in [2.45, 2.75) is 25.3 Å². The van der Waals surface area contributed by atoms with E-state index in [1.807, 2.05) is 20.2 Å². The molecule has 0 N–H and O–H groups in total. The number of hydrogen-bond acceptors (Lipinski definition) is 5. The molecule has 0 unspecified atom stereocenters. The normalized spacial score (nSPS) is 18.5. The van der Waals surface area contributed by atoms with Crippen molar-refractivity contribution in [3.63, 3.8) is 0 Å². The van der Waals surface area contributed by atoms with Crippen molar-refractivity contribution in [3.05, 3.63) is 26.4 Å². The minimum atomic E-state index is -0.519. The van der Waals surface area contributed by atoms with Crippen LogP contribution in [-0.4, -0.2) is 47.3 Å². The van der Waals surface area contributed by atoms with E-state index in [4.69, 9.17) is 0 Å². The van der Waals surface area contributed by atoms with Crippen LogP contribution in [0.1, 0.15) is 24.8 Å². The van der Waals surface area contributed by atoms with Gasteiger partial charge >= 0.3 is 5.69 Å². The summed E-state index contributed by atoms with van der Waals surface area (Å²) in [5, 5.41) is 9.42. The van der Waals surface area contributed by atoms with Gasteiger partial charge in [0.05, 0.1) is 0 Å². The fraction of sp³-hybridized carbons (Fsp3) is 0.667. The summed E-state index contributed by atoms with van der Waals surface area (Å²) in [7, 11) is 7.03. The van der Waals surface area contributed by atoms with Gasteiger partial charge < -0.3 is 9.80 Å². The Morgan fingerprint density at radius 2 is 1.91 bits per heavy atom. The van der Waals surface area contributed by atoms with Crippen LogP contribution in [-0.2, 0) is 14.1 Å². The van der Waals surface area contributed by atoms with E-state index in [1.165, 1.54) is 11.6 Å². The topological polar surface area (TPSA) is 74.3 Å². The quantitative estimate of drug-likeness (QED) is 0.778. The minimum absolute atomic E-state index is 0.0512. The van der Waals surface area contributed by atoms with E-state index in [2.05, 4.69) is 9.80 Å². The molecule has 22 heavy (non-hydrogen) atoms. The Bertz CT molecular complexity index is 710. The molecule has 2 heterocycles. The molecule has 0 spiro atoms. The highest BCUT2D eigenvalue weighted by atomic mass is 16.2. The summed E-state index contributed by atoms with van der Waals surface area (Å²) in [6.45, 7) is 1.59. The standard InChI is InChI=1S/C15H23N5O2/c1-17(2)10-11-7-5-6-8-20(11)13-12(9-16)14(21)19(4)15(22)18(13)3/h11H,5-8,10H2,1-4H3/t11-/m0/s1. The van der Waals surface area contributed by atoms with Crippen LogP contribution in [0, 0.1) is 11.3 Å². The van der Waals surface area contributed by atoms with Crippen molar-refractivity contribution in [2.75, 3.05) is 32.1 Å². The third-order valence-electron chi connectivity index (χ3n) is 4.22. The Labute approximate surface area is 130 Å². The predicted molar refractivity (Wildman–Crippen MR) is 85.2 cm³/mol. The highest BCUT2D eigenvalue weighted by molar-refractivity contribution is 5.54. The lowest BCUT2D eigenvalue weighted by molar-refractivity contribution is 0.325. The first-order valence-corrected chi connectivity index (χ1v) is 7.50. The molecule has 2 rings (SSSR count). The number of anilines is 1. The van der Waals surface area contributed by atoms with Crippen molar-refractivity contribution in [2.24, 2.45) is 14.1 Å². The van der Waals surface area contributed by atoms with E-state index in [-0.39, 0.29) is 11.6 Å². The Morgan fingerprint density at radius 1 is 1.23 bits per heavy atom. The molecule has 0 aromatic carbocycles. The Hall–Kier alpha value is -2.07. The van der Waals surface area contributed by atoms with Crippen LogP contribution in [0.3, 0.4) is 0 Å². The van der Waals surface area contributed by atoms with E-state index >= 15 is 0 Å². The Balaban J connectivity index is 2.62. The summed E-state index contributed by atoms with van der Waals surface area (Å²) >= 11 is 0. The summed E-state index contributed by atoms with van der Waals surface area (Å²) < 4.78 is 2.42. The van der Waals surface area contributed by atoms with E-state index in [1.54, 1.807) is 7.05 Å². The Morgan fingerprint density at radius 3 is 2.50 bits per heavy atom. The van der Waals surface area contributed by atoms with Crippen LogP contribution in [0.25, 0.3) is 0 Å². The van der Waals surface area contributed by atoms with Gasteiger partial charge in [-0.1, -0.05) is 0 Å². The summed E-state index contributed by atoms with van der Waals surface area (Å²) in [6, 6.07) is 2.20. The molecule has 0 amide bonds. The fourth-order valence-electron chi connectivity index (χ4n) is 3.16. The summed E-state index contributed by atoms with van der Waals surface area (Å²) in [5.41, 5.74) is -0.863. The number of piperidine rings is 1. The monoisotopic (exact) mass is 305 g/mol. The molecule has 1 aromatic rings. The van der Waals surface area contributed by atoms with Crippen LogP contribution >= 0.6 is 0 Å². The molecule has 0 bridgehead atoms. The highest BCUT2D eigenvalue weighted by Crippen LogP contribution is 2.25. The van der Waals surface area contributed by atoms with Crippen molar-refractivity contribution < 1.29 is 0 Å². The SMILES string of the molecule is CN(C)C[C@@H]1CCCCN1c1c(C#N)c(=O)n(C)c(=O)n1C. The first kappa shape index (κ1) is 16.3. The van der Waals surface area contributed by atoms with E-state index in [9.17, 15) is 14.9 Å². The van der Waals surface area contributed by atoms with Crippen LogP contribution in [0.5, 0.6) is 0 Å². The van der Waals surface area contributed by atoms with Gasteiger partial charge in [0.2, 0.25) is 0 Å². The molecular formula is C15H23N5O2. The van der Waals surface area contributed by atoms with Gasteiger partial charge in [0.25, 0.3) is 5.56 Å². The molecule has 1 atom stereocenters. The summed E-state index contributed by atoms with van der Waals surface area (Å²) in [4.78, 5) is 28.6. The second-order valence-corrected chi connectivity index (χ2v) is 6.12. The number of likely N-dealkylation sites (N-methyl/N-ethyl adjacent to an activating group) is 1. The van der Waals surface area contributed by atoms with Gasteiger partial charge in [0.1, 0.15) is 11.9 Å². The average Bonchev–Trinajstić information content (AvgIpc) is 2.49. The lowest BCUT2D eigenvalue weighted by atomic mass is 10.0. The van der Waals surface area contributed by atoms with Gasteiger partial charge in [-0.3, -0.25) is 13.9 Å². The van der Waals surface area contributed by atoms with Gasteiger partial charge in [0, 0.05) is 33.2 Å². The predicted octanol–water partition coefficient (Wildman–Crippen LogP) is -0.124. The van der Waals surface area contributed by atoms with Crippen LogP contribution in [0.15, 0.2) is 9.59 Å². The third-order valence-corrected chi connectivity index (χ3v) is 4.22. The van der Waals surface area contributed by atoms with Crippen molar-refractivity contribution in [1.29, 1.82) is 5.26 Å². The molecule has 0 radical (unpaired) electrons. The molecule has 1 aliphatic heterocycles. The molecule has 1 saturated heterocycles. The smallest absolute Gasteiger partial charge is 0.332 e. The number of aromatic nitrogens is 2. The van der Waals surface area contributed by atoms with E-state index in [0.29, 0.717) is 5.82 Å². The lowest BCUT2D eigenvalue weighted by Crippen LogP contribution is -2.50.